The number of methoxy groups -OCH3 is 1. The van der Waals surface area contributed by atoms with Crippen LogP contribution in [0.15, 0.2) is 24.5 Å². The second kappa shape index (κ2) is 8.33. The Morgan fingerprint density at radius 1 is 1.26 bits per heavy atom. The number of ether oxygens (including phenoxy) is 1. The normalized spacial score (nSPS) is 20.0. The van der Waals surface area contributed by atoms with Crippen molar-refractivity contribution in [2.24, 2.45) is 0 Å². The number of aliphatic hydroxyl groups is 1. The van der Waals surface area contributed by atoms with Gasteiger partial charge in [0.05, 0.1) is 36.0 Å². The van der Waals surface area contributed by atoms with Gasteiger partial charge in [0, 0.05) is 30.8 Å². The van der Waals surface area contributed by atoms with E-state index in [9.17, 15) is 9.50 Å². The highest BCUT2D eigenvalue weighted by atomic mass is 19.1. The summed E-state index contributed by atoms with van der Waals surface area (Å²) in [5.74, 6) is 0.710. The molecule has 0 radical (unpaired) electrons. The molecule has 35 heavy (non-hydrogen) atoms. The Morgan fingerprint density at radius 2 is 2.03 bits per heavy atom. The molecule has 0 saturated carbocycles. The fourth-order valence-electron chi connectivity index (χ4n) is 4.66. The maximum Gasteiger partial charge on any atom is 0.223 e. The van der Waals surface area contributed by atoms with E-state index in [4.69, 9.17) is 15.5 Å². The van der Waals surface area contributed by atoms with Crippen molar-refractivity contribution >= 4 is 28.2 Å². The van der Waals surface area contributed by atoms with E-state index in [1.54, 1.807) is 6.92 Å². The first-order valence-corrected chi connectivity index (χ1v) is 11.8. The monoisotopic (exact) mass is 482 g/mol. The molecule has 0 amide bonds. The molecule has 3 atom stereocenters. The largest absolute Gasteiger partial charge is 0.494 e. The van der Waals surface area contributed by atoms with E-state index >= 15 is 0 Å². The van der Waals surface area contributed by atoms with Crippen molar-refractivity contribution in [3.63, 3.8) is 0 Å². The molecule has 0 spiro atoms. The highest BCUT2D eigenvalue weighted by molar-refractivity contribution is 5.95. The number of halogens is 1. The molecule has 1 aliphatic heterocycles. The number of piperidine rings is 1. The first-order valence-electron chi connectivity index (χ1n) is 11.8. The van der Waals surface area contributed by atoms with Gasteiger partial charge in [-0.1, -0.05) is 0 Å². The van der Waals surface area contributed by atoms with E-state index in [1.165, 1.54) is 23.8 Å². The summed E-state index contributed by atoms with van der Waals surface area (Å²) in [6.07, 6.45) is 5.12. The molecule has 1 aliphatic rings. The SMILES string of the molecule is COc1cc(F)cc2c1nc(N)n1nc([C@H]3CC[C@@H](C)N(c4cnn(C(C)(C)[C@H](C)O)c4)C3)nc21. The van der Waals surface area contributed by atoms with E-state index in [1.807, 2.05) is 30.9 Å². The van der Waals surface area contributed by atoms with Crippen LogP contribution in [-0.2, 0) is 5.54 Å². The van der Waals surface area contributed by atoms with E-state index in [0.29, 0.717) is 40.7 Å². The van der Waals surface area contributed by atoms with Crippen molar-refractivity contribution in [2.45, 2.75) is 64.1 Å². The molecule has 1 saturated heterocycles. The van der Waals surface area contributed by atoms with Crippen molar-refractivity contribution in [3.8, 4) is 5.75 Å². The number of aromatic nitrogens is 6. The van der Waals surface area contributed by atoms with Crippen molar-refractivity contribution in [1.29, 1.82) is 0 Å². The van der Waals surface area contributed by atoms with Crippen LogP contribution in [0.4, 0.5) is 16.0 Å². The Hall–Kier alpha value is -3.47. The van der Waals surface area contributed by atoms with Crippen LogP contribution in [0.1, 0.15) is 52.3 Å². The topological polar surface area (TPSA) is 120 Å². The number of nitrogens with two attached hydrogens (primary N) is 1. The predicted molar refractivity (Wildman–Crippen MR) is 131 cm³/mol. The second-order valence-corrected chi connectivity index (χ2v) is 9.93. The summed E-state index contributed by atoms with van der Waals surface area (Å²) < 4.78 is 22.9. The second-order valence-electron chi connectivity index (χ2n) is 9.93. The highest BCUT2D eigenvalue weighted by Gasteiger charge is 2.32. The maximum absolute atomic E-state index is 14.3. The number of benzene rings is 1. The van der Waals surface area contributed by atoms with Gasteiger partial charge in [-0.05, 0) is 46.6 Å². The zero-order chi connectivity index (χ0) is 25.1. The standard InChI is InChI=1S/C24H31FN8O2/c1-13-6-7-15(11-31(13)17-10-27-32(12-17)24(3,4)14(2)34)21-29-22-18-8-16(25)9-19(35-5)20(18)28-23(26)33(22)30-21/h8-10,12-15,34H,6-7,11H2,1-5H3,(H2,26,28)/t13-,14+,15+/m1/s1. The molecule has 1 aromatic carbocycles. The number of aliphatic hydroxyl groups excluding tert-OH is 1. The third-order valence-corrected chi connectivity index (χ3v) is 7.33. The van der Waals surface area contributed by atoms with Gasteiger partial charge in [0.25, 0.3) is 0 Å². The van der Waals surface area contributed by atoms with Crippen LogP contribution in [0.5, 0.6) is 5.75 Å². The molecule has 10 nitrogen and oxygen atoms in total. The minimum atomic E-state index is -0.554. The lowest BCUT2D eigenvalue weighted by atomic mass is 9.92. The summed E-state index contributed by atoms with van der Waals surface area (Å²) in [5, 5.41) is 19.9. The average Bonchev–Trinajstić information content (AvgIpc) is 3.48. The third-order valence-electron chi connectivity index (χ3n) is 7.33. The third kappa shape index (κ3) is 3.83. The van der Waals surface area contributed by atoms with Crippen molar-refractivity contribution in [3.05, 3.63) is 36.2 Å². The minimum absolute atomic E-state index is 0.0455. The fraction of sp³-hybridized carbons (Fsp3) is 0.500. The van der Waals surface area contributed by atoms with Crippen LogP contribution in [0.2, 0.25) is 0 Å². The lowest BCUT2D eigenvalue weighted by molar-refractivity contribution is 0.0647. The summed E-state index contributed by atoms with van der Waals surface area (Å²) >= 11 is 0. The van der Waals surface area contributed by atoms with Gasteiger partial charge in [-0.25, -0.2) is 14.4 Å². The lowest BCUT2D eigenvalue weighted by Crippen LogP contribution is -2.41. The van der Waals surface area contributed by atoms with Gasteiger partial charge in [0.15, 0.2) is 11.5 Å². The number of fused-ring (bicyclic) bond motifs is 3. The van der Waals surface area contributed by atoms with E-state index in [-0.39, 0.29) is 11.9 Å². The molecular weight excluding hydrogens is 451 g/mol. The van der Waals surface area contributed by atoms with Crippen LogP contribution >= 0.6 is 0 Å². The predicted octanol–water partition coefficient (Wildman–Crippen LogP) is 3.09. The van der Waals surface area contributed by atoms with Gasteiger partial charge in [-0.15, -0.1) is 5.10 Å². The van der Waals surface area contributed by atoms with Gasteiger partial charge in [-0.2, -0.15) is 9.61 Å². The first-order chi connectivity index (χ1) is 16.6. The highest BCUT2D eigenvalue weighted by Crippen LogP contribution is 2.35. The first kappa shape index (κ1) is 23.3. The summed E-state index contributed by atoms with van der Waals surface area (Å²) in [6.45, 7) is 8.56. The molecular formula is C24H31FN8O2. The minimum Gasteiger partial charge on any atom is -0.494 e. The Morgan fingerprint density at radius 3 is 2.74 bits per heavy atom. The average molecular weight is 483 g/mol. The molecule has 0 unspecified atom stereocenters. The van der Waals surface area contributed by atoms with Crippen molar-refractivity contribution < 1.29 is 14.2 Å². The number of nitrogens with zero attached hydrogens (tertiary/aromatic N) is 7. The van der Waals surface area contributed by atoms with Crippen molar-refractivity contribution in [2.75, 3.05) is 24.3 Å². The quantitative estimate of drug-likeness (QED) is 0.445. The number of hydrogen-bond donors (Lipinski definition) is 2. The number of rotatable bonds is 5. The van der Waals surface area contributed by atoms with E-state index in [0.717, 1.165) is 18.5 Å². The van der Waals surface area contributed by atoms with Crippen LogP contribution in [-0.4, -0.2) is 60.3 Å². The van der Waals surface area contributed by atoms with Crippen LogP contribution in [0, 0.1) is 5.82 Å². The molecule has 0 bridgehead atoms. The van der Waals surface area contributed by atoms with Crippen LogP contribution in [0.25, 0.3) is 16.6 Å². The van der Waals surface area contributed by atoms with Crippen LogP contribution in [0.3, 0.4) is 0 Å². The van der Waals surface area contributed by atoms with E-state index < -0.39 is 17.5 Å². The zero-order valence-electron chi connectivity index (χ0n) is 20.6. The van der Waals surface area contributed by atoms with Gasteiger partial charge < -0.3 is 20.5 Å². The van der Waals surface area contributed by atoms with Crippen molar-refractivity contribution in [1.82, 2.24) is 29.4 Å². The Balaban J connectivity index is 1.51. The number of hydrogen-bond acceptors (Lipinski definition) is 8. The zero-order valence-corrected chi connectivity index (χ0v) is 20.6. The molecule has 1 fully saturated rings. The molecule has 0 aliphatic carbocycles. The van der Waals surface area contributed by atoms with Crippen LogP contribution < -0.4 is 15.4 Å². The Kier molecular flexibility index (Phi) is 5.54. The summed E-state index contributed by atoms with van der Waals surface area (Å²) in [6, 6.07) is 2.97. The van der Waals surface area contributed by atoms with Gasteiger partial charge >= 0.3 is 0 Å². The molecule has 5 rings (SSSR count). The van der Waals surface area contributed by atoms with Gasteiger partial charge in [0.1, 0.15) is 17.1 Å². The summed E-state index contributed by atoms with van der Waals surface area (Å²) in [7, 11) is 1.47. The van der Waals surface area contributed by atoms with E-state index in [2.05, 4.69) is 27.0 Å². The number of nitrogen functional groups attached to an aromatic ring is 1. The summed E-state index contributed by atoms with van der Waals surface area (Å²) in [4.78, 5) is 11.5. The summed E-state index contributed by atoms with van der Waals surface area (Å²) in [5.41, 5.74) is 7.56. The molecule has 11 heteroatoms. The Labute approximate surface area is 202 Å². The Bertz CT molecular complexity index is 1400. The van der Waals surface area contributed by atoms with Gasteiger partial charge in [-0.3, -0.25) is 4.68 Å². The smallest absolute Gasteiger partial charge is 0.223 e. The fourth-order valence-corrected chi connectivity index (χ4v) is 4.66. The lowest BCUT2D eigenvalue weighted by Gasteiger charge is -2.38. The molecule has 3 aromatic heterocycles. The molecule has 3 N–H and O–H groups in total. The number of anilines is 2. The van der Waals surface area contributed by atoms with Gasteiger partial charge in [0.2, 0.25) is 5.95 Å². The maximum atomic E-state index is 14.3. The molecule has 4 aromatic rings. The molecule has 4 heterocycles. The molecule has 186 valence electrons.